The monoisotopic (exact) mass is 357 g/mol. The molecule has 2 aromatic rings. The molecular formula is C13H16BrN3O2S. The van der Waals surface area contributed by atoms with Crippen LogP contribution in [0.3, 0.4) is 0 Å². The highest BCUT2D eigenvalue weighted by atomic mass is 79.9. The fourth-order valence-corrected chi connectivity index (χ4v) is 3.22. The average Bonchev–Trinajstić information content (AvgIpc) is 2.71. The van der Waals surface area contributed by atoms with Crippen molar-refractivity contribution in [2.45, 2.75) is 18.4 Å². The maximum atomic E-state index is 12.4. The molecule has 0 bridgehead atoms. The van der Waals surface area contributed by atoms with Crippen molar-refractivity contribution in [3.8, 4) is 0 Å². The van der Waals surface area contributed by atoms with E-state index in [0.717, 1.165) is 15.7 Å². The van der Waals surface area contributed by atoms with Crippen molar-refractivity contribution in [3.05, 3.63) is 46.2 Å². The van der Waals surface area contributed by atoms with Gasteiger partial charge in [-0.15, -0.1) is 0 Å². The van der Waals surface area contributed by atoms with E-state index in [1.54, 1.807) is 42.2 Å². The van der Waals surface area contributed by atoms with Gasteiger partial charge in [0.1, 0.15) is 0 Å². The predicted molar refractivity (Wildman–Crippen MR) is 80.7 cm³/mol. The van der Waals surface area contributed by atoms with Gasteiger partial charge in [-0.05, 0) is 31.2 Å². The maximum absolute atomic E-state index is 12.4. The molecule has 1 aromatic heterocycles. The Morgan fingerprint density at radius 3 is 2.40 bits per heavy atom. The first-order valence-corrected chi connectivity index (χ1v) is 8.25. The van der Waals surface area contributed by atoms with Crippen LogP contribution in [0, 0.1) is 6.92 Å². The number of nitrogens with zero attached hydrogens (tertiary/aromatic N) is 3. The van der Waals surface area contributed by atoms with Crippen molar-refractivity contribution in [3.63, 3.8) is 0 Å². The van der Waals surface area contributed by atoms with E-state index in [4.69, 9.17) is 0 Å². The van der Waals surface area contributed by atoms with Crippen molar-refractivity contribution in [2.75, 3.05) is 7.05 Å². The van der Waals surface area contributed by atoms with Crippen LogP contribution in [0.1, 0.15) is 11.3 Å². The van der Waals surface area contributed by atoms with Gasteiger partial charge in [0.2, 0.25) is 10.0 Å². The predicted octanol–water partition coefficient (Wildman–Crippen LogP) is 2.31. The summed E-state index contributed by atoms with van der Waals surface area (Å²) in [5, 5.41) is 4.12. The highest BCUT2D eigenvalue weighted by molar-refractivity contribution is 9.10. The molecule has 0 N–H and O–H groups in total. The number of hydrogen-bond donors (Lipinski definition) is 0. The SMILES string of the molecule is Cc1c(CN(C)S(=O)(=O)c2ccc(Br)cc2)cnn1C. The lowest BCUT2D eigenvalue weighted by molar-refractivity contribution is 0.465. The first-order valence-electron chi connectivity index (χ1n) is 6.02. The summed E-state index contributed by atoms with van der Waals surface area (Å²) in [7, 11) is -0.0774. The topological polar surface area (TPSA) is 55.2 Å². The molecule has 0 unspecified atom stereocenters. The first kappa shape index (κ1) is 15.2. The van der Waals surface area contributed by atoms with Crippen LogP contribution < -0.4 is 0 Å². The molecule has 5 nitrogen and oxygen atoms in total. The van der Waals surface area contributed by atoms with Gasteiger partial charge in [-0.2, -0.15) is 9.40 Å². The molecule has 20 heavy (non-hydrogen) atoms. The van der Waals surface area contributed by atoms with Gasteiger partial charge in [0.25, 0.3) is 0 Å². The second kappa shape index (κ2) is 5.67. The second-order valence-electron chi connectivity index (χ2n) is 4.59. The Hall–Kier alpha value is -1.18. The molecule has 0 spiro atoms. The van der Waals surface area contributed by atoms with E-state index in [1.807, 2.05) is 14.0 Å². The number of aryl methyl sites for hydroxylation is 1. The Balaban J connectivity index is 2.25. The zero-order valence-corrected chi connectivity index (χ0v) is 13.9. The molecule has 0 atom stereocenters. The van der Waals surface area contributed by atoms with E-state index in [2.05, 4.69) is 21.0 Å². The maximum Gasteiger partial charge on any atom is 0.243 e. The highest BCUT2D eigenvalue weighted by Gasteiger charge is 2.21. The average molecular weight is 358 g/mol. The van der Waals surface area contributed by atoms with Gasteiger partial charge in [-0.3, -0.25) is 4.68 Å². The number of benzene rings is 1. The molecule has 0 saturated carbocycles. The first-order chi connectivity index (χ1) is 9.32. The summed E-state index contributed by atoms with van der Waals surface area (Å²) in [5.74, 6) is 0. The largest absolute Gasteiger partial charge is 0.273 e. The van der Waals surface area contributed by atoms with E-state index in [0.29, 0.717) is 6.54 Å². The van der Waals surface area contributed by atoms with E-state index >= 15 is 0 Å². The Morgan fingerprint density at radius 1 is 1.30 bits per heavy atom. The van der Waals surface area contributed by atoms with E-state index in [-0.39, 0.29) is 4.90 Å². The van der Waals surface area contributed by atoms with Crippen LogP contribution in [0.5, 0.6) is 0 Å². The van der Waals surface area contributed by atoms with Crippen molar-refractivity contribution in [1.29, 1.82) is 0 Å². The van der Waals surface area contributed by atoms with Gasteiger partial charge in [0.15, 0.2) is 0 Å². The van der Waals surface area contributed by atoms with Crippen molar-refractivity contribution in [2.24, 2.45) is 7.05 Å². The molecule has 0 fully saturated rings. The standard InChI is InChI=1S/C13H16BrN3O2S/c1-10-11(8-15-17(10)3)9-16(2)20(18,19)13-6-4-12(14)5-7-13/h4-8H,9H2,1-3H3. The summed E-state index contributed by atoms with van der Waals surface area (Å²) < 4.78 is 28.8. The highest BCUT2D eigenvalue weighted by Crippen LogP contribution is 2.20. The lowest BCUT2D eigenvalue weighted by atomic mass is 10.3. The van der Waals surface area contributed by atoms with Gasteiger partial charge in [0.05, 0.1) is 11.1 Å². The van der Waals surface area contributed by atoms with Crippen LogP contribution in [0.25, 0.3) is 0 Å². The van der Waals surface area contributed by atoms with E-state index in [9.17, 15) is 8.42 Å². The fraction of sp³-hybridized carbons (Fsp3) is 0.308. The van der Waals surface area contributed by atoms with Gasteiger partial charge >= 0.3 is 0 Å². The minimum atomic E-state index is -3.49. The number of halogens is 1. The van der Waals surface area contributed by atoms with Crippen LogP contribution in [-0.4, -0.2) is 29.6 Å². The summed E-state index contributed by atoms with van der Waals surface area (Å²) in [5.41, 5.74) is 1.86. The molecule has 0 saturated heterocycles. The van der Waals surface area contributed by atoms with Gasteiger partial charge in [-0.1, -0.05) is 15.9 Å². The van der Waals surface area contributed by atoms with Gasteiger partial charge in [-0.25, -0.2) is 8.42 Å². The lowest BCUT2D eigenvalue weighted by Gasteiger charge is -2.17. The second-order valence-corrected chi connectivity index (χ2v) is 7.55. The summed E-state index contributed by atoms with van der Waals surface area (Å²) in [4.78, 5) is 0.282. The molecule has 2 rings (SSSR count). The Kier molecular flexibility index (Phi) is 4.31. The third kappa shape index (κ3) is 2.94. The van der Waals surface area contributed by atoms with E-state index in [1.165, 1.54) is 4.31 Å². The Morgan fingerprint density at radius 2 is 1.90 bits per heavy atom. The van der Waals surface area contributed by atoms with Gasteiger partial charge in [0, 0.05) is 36.4 Å². The molecule has 1 aromatic carbocycles. The molecule has 0 amide bonds. The van der Waals surface area contributed by atoms with Crippen LogP contribution >= 0.6 is 15.9 Å². The third-order valence-electron chi connectivity index (χ3n) is 3.25. The summed E-state index contributed by atoms with van der Waals surface area (Å²) in [6.07, 6.45) is 1.70. The zero-order chi connectivity index (χ0) is 14.9. The summed E-state index contributed by atoms with van der Waals surface area (Å²) in [6.45, 7) is 2.22. The van der Waals surface area contributed by atoms with Crippen molar-refractivity contribution >= 4 is 26.0 Å². The molecule has 108 valence electrons. The molecule has 0 aliphatic heterocycles. The number of sulfonamides is 1. The molecule has 0 aliphatic carbocycles. The zero-order valence-electron chi connectivity index (χ0n) is 11.5. The van der Waals surface area contributed by atoms with Crippen molar-refractivity contribution in [1.82, 2.24) is 14.1 Å². The van der Waals surface area contributed by atoms with Crippen LogP contribution in [-0.2, 0) is 23.6 Å². The third-order valence-corrected chi connectivity index (χ3v) is 5.60. The number of aromatic nitrogens is 2. The molecule has 0 aliphatic rings. The Bertz CT molecular complexity index is 708. The number of rotatable bonds is 4. The minimum absolute atomic E-state index is 0.282. The van der Waals surface area contributed by atoms with Gasteiger partial charge < -0.3 is 0 Å². The number of hydrogen-bond acceptors (Lipinski definition) is 3. The normalized spacial score (nSPS) is 12.1. The van der Waals surface area contributed by atoms with E-state index < -0.39 is 10.0 Å². The molecular weight excluding hydrogens is 342 g/mol. The molecule has 1 heterocycles. The van der Waals surface area contributed by atoms with Crippen molar-refractivity contribution < 1.29 is 8.42 Å². The summed E-state index contributed by atoms with van der Waals surface area (Å²) in [6, 6.07) is 6.62. The Labute approximate surface area is 127 Å². The van der Waals surface area contributed by atoms with Crippen LogP contribution in [0.15, 0.2) is 39.8 Å². The quantitative estimate of drug-likeness (QED) is 0.843. The van der Waals surface area contributed by atoms with Crippen LogP contribution in [0.4, 0.5) is 0 Å². The fourth-order valence-electron chi connectivity index (χ4n) is 1.81. The summed E-state index contributed by atoms with van der Waals surface area (Å²) >= 11 is 3.30. The minimum Gasteiger partial charge on any atom is -0.273 e. The lowest BCUT2D eigenvalue weighted by Crippen LogP contribution is -2.26. The molecule has 0 radical (unpaired) electrons. The molecule has 7 heteroatoms. The smallest absolute Gasteiger partial charge is 0.243 e. The van der Waals surface area contributed by atoms with Crippen LogP contribution in [0.2, 0.25) is 0 Å².